The Bertz CT molecular complexity index is 464. The lowest BCUT2D eigenvalue weighted by Crippen LogP contribution is -2.22. The summed E-state index contributed by atoms with van der Waals surface area (Å²) in [5.74, 6) is 0.152. The van der Waals surface area contributed by atoms with Crippen LogP contribution in [0.25, 0.3) is 0 Å². The Morgan fingerprint density at radius 3 is 3.00 bits per heavy atom. The summed E-state index contributed by atoms with van der Waals surface area (Å²) in [5, 5.41) is 7.29. The van der Waals surface area contributed by atoms with Crippen LogP contribution in [0.4, 0.5) is 4.39 Å². The Balaban J connectivity index is 1.98. The van der Waals surface area contributed by atoms with Gasteiger partial charge in [0.2, 0.25) is 0 Å². The van der Waals surface area contributed by atoms with Crippen LogP contribution in [0.2, 0.25) is 0 Å². The average Bonchev–Trinajstić information content (AvgIpc) is 2.79. The van der Waals surface area contributed by atoms with E-state index in [0.29, 0.717) is 23.6 Å². The average molecular weight is 265 g/mol. The van der Waals surface area contributed by atoms with Crippen LogP contribution in [0.3, 0.4) is 0 Å². The molecule has 5 heteroatoms. The standard InChI is InChI=1S/C14H20FN3O/c1-19-9-10-4-5-18(7-10)8-12-3-2-11(14(16)17)6-13(12)15/h2-3,6,10H,4-5,7-9H2,1H3,(H3,16,17). The Labute approximate surface area is 112 Å². The van der Waals surface area contributed by atoms with E-state index < -0.39 is 0 Å². The van der Waals surface area contributed by atoms with Gasteiger partial charge in [0.15, 0.2) is 0 Å². The molecule has 1 fully saturated rings. The van der Waals surface area contributed by atoms with Crippen LogP contribution in [0.1, 0.15) is 17.5 Å². The van der Waals surface area contributed by atoms with Crippen molar-refractivity contribution in [3.8, 4) is 0 Å². The summed E-state index contributed by atoms with van der Waals surface area (Å²) in [7, 11) is 1.71. The number of benzene rings is 1. The number of nitrogens with one attached hydrogen (secondary N) is 1. The quantitative estimate of drug-likeness (QED) is 0.627. The fraction of sp³-hybridized carbons (Fsp3) is 0.500. The highest BCUT2D eigenvalue weighted by Gasteiger charge is 2.23. The predicted molar refractivity (Wildman–Crippen MR) is 72.7 cm³/mol. The minimum Gasteiger partial charge on any atom is -0.384 e. The Kier molecular flexibility index (Phi) is 4.50. The number of rotatable bonds is 5. The Hall–Kier alpha value is -1.46. The van der Waals surface area contributed by atoms with Gasteiger partial charge in [0, 0.05) is 31.3 Å². The van der Waals surface area contributed by atoms with E-state index in [-0.39, 0.29) is 11.7 Å². The molecule has 0 aliphatic carbocycles. The van der Waals surface area contributed by atoms with E-state index >= 15 is 0 Å². The minimum absolute atomic E-state index is 0.105. The number of halogens is 1. The number of likely N-dealkylation sites (tertiary alicyclic amines) is 1. The maximum atomic E-state index is 13.9. The third-order valence-electron chi connectivity index (χ3n) is 3.53. The van der Waals surface area contributed by atoms with Crippen LogP contribution >= 0.6 is 0 Å². The van der Waals surface area contributed by atoms with Gasteiger partial charge in [-0.1, -0.05) is 12.1 Å². The van der Waals surface area contributed by atoms with Gasteiger partial charge in [-0.15, -0.1) is 0 Å². The highest BCUT2D eigenvalue weighted by Crippen LogP contribution is 2.20. The van der Waals surface area contributed by atoms with Crippen molar-refractivity contribution in [3.05, 3.63) is 35.1 Å². The lowest BCUT2D eigenvalue weighted by molar-refractivity contribution is 0.152. The fourth-order valence-corrected chi connectivity index (χ4v) is 2.51. The van der Waals surface area contributed by atoms with Crippen molar-refractivity contribution >= 4 is 5.84 Å². The number of nitrogens with two attached hydrogens (primary N) is 1. The number of nitrogens with zero attached hydrogens (tertiary/aromatic N) is 1. The highest BCUT2D eigenvalue weighted by molar-refractivity contribution is 5.94. The zero-order valence-electron chi connectivity index (χ0n) is 11.2. The molecule has 2 rings (SSSR count). The topological polar surface area (TPSA) is 62.3 Å². The number of hydrogen-bond donors (Lipinski definition) is 2. The second-order valence-electron chi connectivity index (χ2n) is 5.07. The van der Waals surface area contributed by atoms with Crippen LogP contribution in [0.15, 0.2) is 18.2 Å². The smallest absolute Gasteiger partial charge is 0.128 e. The highest BCUT2D eigenvalue weighted by atomic mass is 19.1. The first kappa shape index (κ1) is 14.0. The minimum atomic E-state index is -0.289. The van der Waals surface area contributed by atoms with Crippen LogP contribution in [0.5, 0.6) is 0 Å². The zero-order chi connectivity index (χ0) is 13.8. The summed E-state index contributed by atoms with van der Waals surface area (Å²) < 4.78 is 19.1. The van der Waals surface area contributed by atoms with Gasteiger partial charge in [-0.05, 0) is 24.9 Å². The van der Waals surface area contributed by atoms with Crippen molar-refractivity contribution in [3.63, 3.8) is 0 Å². The monoisotopic (exact) mass is 265 g/mol. The molecule has 1 saturated heterocycles. The van der Waals surface area contributed by atoms with Gasteiger partial charge >= 0.3 is 0 Å². The molecule has 0 radical (unpaired) electrons. The first-order chi connectivity index (χ1) is 9.10. The van der Waals surface area contributed by atoms with Crippen molar-refractivity contribution in [1.29, 1.82) is 5.41 Å². The number of methoxy groups -OCH3 is 1. The summed E-state index contributed by atoms with van der Waals surface area (Å²) in [5.41, 5.74) is 6.43. The molecule has 104 valence electrons. The molecule has 1 aliphatic heterocycles. The fourth-order valence-electron chi connectivity index (χ4n) is 2.51. The summed E-state index contributed by atoms with van der Waals surface area (Å²) in [6.45, 7) is 3.29. The lowest BCUT2D eigenvalue weighted by Gasteiger charge is -2.16. The normalized spacial score (nSPS) is 19.8. The molecular formula is C14H20FN3O. The van der Waals surface area contributed by atoms with Crippen molar-refractivity contribution in [2.75, 3.05) is 26.8 Å². The summed E-state index contributed by atoms with van der Waals surface area (Å²) in [6, 6.07) is 4.75. The second kappa shape index (κ2) is 6.12. The van der Waals surface area contributed by atoms with E-state index in [1.165, 1.54) is 6.07 Å². The van der Waals surface area contributed by atoms with Gasteiger partial charge in [-0.3, -0.25) is 10.3 Å². The maximum absolute atomic E-state index is 13.9. The first-order valence-electron chi connectivity index (χ1n) is 6.44. The summed E-state index contributed by atoms with van der Waals surface area (Å²) >= 11 is 0. The van der Waals surface area contributed by atoms with E-state index in [1.807, 2.05) is 0 Å². The Morgan fingerprint density at radius 2 is 2.37 bits per heavy atom. The van der Waals surface area contributed by atoms with Crippen LogP contribution in [-0.4, -0.2) is 37.5 Å². The van der Waals surface area contributed by atoms with Crippen molar-refractivity contribution in [2.24, 2.45) is 11.7 Å². The molecule has 0 spiro atoms. The van der Waals surface area contributed by atoms with E-state index in [9.17, 15) is 4.39 Å². The van der Waals surface area contributed by atoms with Gasteiger partial charge in [0.25, 0.3) is 0 Å². The summed E-state index contributed by atoms with van der Waals surface area (Å²) in [4.78, 5) is 2.23. The molecule has 0 aromatic heterocycles. The van der Waals surface area contributed by atoms with E-state index in [1.54, 1.807) is 19.2 Å². The number of amidine groups is 1. The largest absolute Gasteiger partial charge is 0.384 e. The molecule has 1 aromatic rings. The van der Waals surface area contributed by atoms with Crippen molar-refractivity contribution in [1.82, 2.24) is 4.90 Å². The molecule has 4 nitrogen and oxygen atoms in total. The molecular weight excluding hydrogens is 245 g/mol. The number of hydrogen-bond acceptors (Lipinski definition) is 3. The van der Waals surface area contributed by atoms with Gasteiger partial charge in [-0.25, -0.2) is 4.39 Å². The van der Waals surface area contributed by atoms with Crippen LogP contribution in [0, 0.1) is 17.1 Å². The molecule has 1 atom stereocenters. The molecule has 3 N–H and O–H groups in total. The predicted octanol–water partition coefficient (Wildman–Crippen LogP) is 1.58. The van der Waals surface area contributed by atoms with Gasteiger partial charge < -0.3 is 10.5 Å². The molecule has 1 aliphatic rings. The third-order valence-corrected chi connectivity index (χ3v) is 3.53. The SMILES string of the molecule is COCC1CCN(Cc2ccc(C(=N)N)cc2F)C1. The first-order valence-corrected chi connectivity index (χ1v) is 6.44. The Morgan fingerprint density at radius 1 is 1.58 bits per heavy atom. The zero-order valence-corrected chi connectivity index (χ0v) is 11.2. The third kappa shape index (κ3) is 3.52. The molecule has 1 unspecified atom stereocenters. The van der Waals surface area contributed by atoms with E-state index in [4.69, 9.17) is 15.9 Å². The molecule has 0 saturated carbocycles. The van der Waals surface area contributed by atoms with Crippen molar-refractivity contribution in [2.45, 2.75) is 13.0 Å². The van der Waals surface area contributed by atoms with Gasteiger partial charge in [0.05, 0.1) is 6.61 Å². The van der Waals surface area contributed by atoms with E-state index in [2.05, 4.69) is 4.90 Å². The van der Waals surface area contributed by atoms with Crippen LogP contribution in [-0.2, 0) is 11.3 Å². The van der Waals surface area contributed by atoms with Gasteiger partial charge in [0.1, 0.15) is 11.7 Å². The maximum Gasteiger partial charge on any atom is 0.128 e. The summed E-state index contributed by atoms with van der Waals surface area (Å²) in [6.07, 6.45) is 1.10. The number of ether oxygens (including phenoxy) is 1. The number of nitrogen functional groups attached to an aromatic ring is 1. The van der Waals surface area contributed by atoms with Crippen LogP contribution < -0.4 is 5.73 Å². The molecule has 0 bridgehead atoms. The molecule has 1 aromatic carbocycles. The van der Waals surface area contributed by atoms with Gasteiger partial charge in [-0.2, -0.15) is 0 Å². The van der Waals surface area contributed by atoms with E-state index in [0.717, 1.165) is 26.1 Å². The molecule has 1 heterocycles. The van der Waals surface area contributed by atoms with Crippen molar-refractivity contribution < 1.29 is 9.13 Å². The lowest BCUT2D eigenvalue weighted by atomic mass is 10.1. The molecule has 0 amide bonds. The second-order valence-corrected chi connectivity index (χ2v) is 5.07. The molecule has 19 heavy (non-hydrogen) atoms.